The van der Waals surface area contributed by atoms with E-state index < -0.39 is 21.0 Å². The van der Waals surface area contributed by atoms with Crippen LogP contribution in [0.1, 0.15) is 27.8 Å². The van der Waals surface area contributed by atoms with Gasteiger partial charge in [0, 0.05) is 16.2 Å². The molecule has 0 amide bonds. The average molecular weight is 665 g/mol. The second-order valence-corrected chi connectivity index (χ2v) is 15.2. The minimum atomic E-state index is -10.1. The van der Waals surface area contributed by atoms with Gasteiger partial charge in [-0.25, -0.2) is 0 Å². The molecule has 8 heterocycles. The third-order valence-electron chi connectivity index (χ3n) is 10.2. The van der Waals surface area contributed by atoms with Crippen LogP contribution in [0.25, 0.3) is 21.5 Å². The highest BCUT2D eigenvalue weighted by Gasteiger charge is 2.70. The molecule has 1 atom stereocenters. The molecular formula is C34H17F5N8S+2. The Kier molecular flexibility index (Phi) is 3.58. The van der Waals surface area contributed by atoms with Crippen LogP contribution in [0.15, 0.2) is 110 Å². The van der Waals surface area contributed by atoms with Crippen LogP contribution in [0.2, 0.25) is 0 Å². The van der Waals surface area contributed by atoms with E-state index in [-0.39, 0.29) is 16.8 Å². The fraction of sp³-hybridized carbons (Fsp3) is 0.0588. The SMILES string of the molecule is Cc1cc(S(F)(F)(F)(F)F)cc2c3n4c(c12)N=C1c2ccccc2C2=[N+]1[C@@]41n4c(c5ccccc5c4=N2)=NC2=[N+]1C(=N3)c1ccccc12. The number of rotatable bonds is 1. The molecule has 0 N–H and O–H groups in total. The molecule has 8 nitrogen and oxygen atoms in total. The lowest BCUT2D eigenvalue weighted by molar-refractivity contribution is -0.790. The van der Waals surface area contributed by atoms with Crippen LogP contribution in [-0.2, 0) is 5.91 Å². The van der Waals surface area contributed by atoms with Gasteiger partial charge in [-0.05, 0) is 61.0 Å². The van der Waals surface area contributed by atoms with Crippen molar-refractivity contribution in [3.63, 3.8) is 0 Å². The Labute approximate surface area is 265 Å². The predicted molar refractivity (Wildman–Crippen MR) is 170 cm³/mol. The van der Waals surface area contributed by atoms with E-state index in [2.05, 4.69) is 0 Å². The first-order valence-corrected chi connectivity index (χ1v) is 17.0. The number of aliphatic imine (C=N–C) groups is 2. The Bertz CT molecular complexity index is 2960. The van der Waals surface area contributed by atoms with Gasteiger partial charge in [0.25, 0.3) is 23.3 Å². The van der Waals surface area contributed by atoms with Gasteiger partial charge >= 0.3 is 16.1 Å². The van der Waals surface area contributed by atoms with Gasteiger partial charge in [0.15, 0.2) is 0 Å². The molecule has 0 bridgehead atoms. The van der Waals surface area contributed by atoms with E-state index in [1.54, 1.807) is 4.57 Å². The molecule has 6 aromatic rings. The first-order valence-electron chi connectivity index (χ1n) is 15.1. The van der Waals surface area contributed by atoms with E-state index in [0.717, 1.165) is 33.0 Å². The van der Waals surface area contributed by atoms with Crippen molar-refractivity contribution in [2.45, 2.75) is 17.7 Å². The molecule has 0 aliphatic carbocycles. The van der Waals surface area contributed by atoms with E-state index in [4.69, 9.17) is 20.0 Å². The number of amidine groups is 4. The van der Waals surface area contributed by atoms with Crippen molar-refractivity contribution in [1.82, 2.24) is 9.13 Å². The molecule has 1 spiro atoms. The lowest BCUT2D eigenvalue weighted by Crippen LogP contribution is -2.71. The van der Waals surface area contributed by atoms with Gasteiger partial charge in [0.1, 0.15) is 4.90 Å². The van der Waals surface area contributed by atoms with Gasteiger partial charge in [0.2, 0.25) is 22.6 Å². The quantitative estimate of drug-likeness (QED) is 0.139. The largest absolute Gasteiger partial charge is 0.404 e. The van der Waals surface area contributed by atoms with Gasteiger partial charge in [-0.1, -0.05) is 75.8 Å². The second-order valence-electron chi connectivity index (χ2n) is 12.7. The predicted octanol–water partition coefficient (Wildman–Crippen LogP) is 6.67. The fourth-order valence-corrected chi connectivity index (χ4v) is 9.18. The minimum absolute atomic E-state index is 0.0152. The molecule has 0 saturated carbocycles. The zero-order valence-electron chi connectivity index (χ0n) is 24.5. The Morgan fingerprint density at radius 1 is 0.583 bits per heavy atom. The summed E-state index contributed by atoms with van der Waals surface area (Å²) in [6, 6.07) is 24.2. The maximum atomic E-state index is 14.5. The molecule has 48 heavy (non-hydrogen) atoms. The molecular weight excluding hydrogens is 647 g/mol. The van der Waals surface area contributed by atoms with E-state index in [1.165, 1.54) is 6.92 Å². The molecule has 0 unspecified atom stereocenters. The van der Waals surface area contributed by atoms with Gasteiger partial charge in [-0.2, -0.15) is 9.13 Å². The normalized spacial score (nSPS) is 21.5. The number of hydrogen-bond acceptors (Lipinski definition) is 4. The summed E-state index contributed by atoms with van der Waals surface area (Å²) in [5.41, 5.74) is 4.35. The van der Waals surface area contributed by atoms with Crippen LogP contribution < -0.4 is 11.0 Å². The van der Waals surface area contributed by atoms with Crippen LogP contribution in [-0.4, -0.2) is 41.6 Å². The zero-order chi connectivity index (χ0) is 32.3. The number of fused-ring (bicyclic) bond motifs is 12. The second kappa shape index (κ2) is 6.78. The van der Waals surface area contributed by atoms with Crippen molar-refractivity contribution in [1.29, 1.82) is 0 Å². The van der Waals surface area contributed by atoms with Crippen molar-refractivity contribution in [3.05, 3.63) is 124 Å². The van der Waals surface area contributed by atoms with E-state index in [1.807, 2.05) is 86.5 Å². The van der Waals surface area contributed by atoms with E-state index in [0.29, 0.717) is 57.7 Å². The van der Waals surface area contributed by atoms with Crippen LogP contribution >= 0.6 is 10.2 Å². The van der Waals surface area contributed by atoms with Gasteiger partial charge < -0.3 is 0 Å². The fourth-order valence-electron chi connectivity index (χ4n) is 8.44. The van der Waals surface area contributed by atoms with Crippen LogP contribution in [0.4, 0.5) is 31.1 Å². The van der Waals surface area contributed by atoms with Crippen molar-refractivity contribution in [2.24, 2.45) is 20.0 Å². The number of aryl methyl sites for hydroxylation is 1. The van der Waals surface area contributed by atoms with Crippen molar-refractivity contribution < 1.29 is 28.6 Å². The molecule has 0 radical (unpaired) electrons. The average Bonchev–Trinajstić information content (AvgIpc) is 3.76. The Morgan fingerprint density at radius 3 is 1.62 bits per heavy atom. The molecule has 2 aromatic heterocycles. The Balaban J connectivity index is 1.40. The lowest BCUT2D eigenvalue weighted by atomic mass is 10.1. The number of nitrogens with zero attached hydrogens (tertiary/aromatic N) is 8. The summed E-state index contributed by atoms with van der Waals surface area (Å²) in [7, 11) is -10.1. The van der Waals surface area contributed by atoms with E-state index in [9.17, 15) is 19.4 Å². The van der Waals surface area contributed by atoms with Gasteiger partial charge in [0.05, 0.1) is 27.6 Å². The Hall–Kier alpha value is -5.76. The number of benzene rings is 4. The van der Waals surface area contributed by atoms with Gasteiger partial charge in [-0.3, -0.25) is 0 Å². The highest BCUT2D eigenvalue weighted by atomic mass is 32.5. The summed E-state index contributed by atoms with van der Waals surface area (Å²) in [6.07, 6.45) is 0. The zero-order valence-corrected chi connectivity index (χ0v) is 25.3. The smallest absolute Gasteiger partial charge is 0.192 e. The van der Waals surface area contributed by atoms with Crippen LogP contribution in [0, 0.1) is 6.92 Å². The van der Waals surface area contributed by atoms with Gasteiger partial charge in [-0.15, -0.1) is 9.15 Å². The molecule has 0 fully saturated rings. The number of hydrogen-bond donors (Lipinski definition) is 0. The highest BCUT2D eigenvalue weighted by molar-refractivity contribution is 8.45. The van der Waals surface area contributed by atoms with Crippen LogP contribution in [0.3, 0.4) is 0 Å². The van der Waals surface area contributed by atoms with Crippen molar-refractivity contribution in [2.75, 3.05) is 0 Å². The minimum Gasteiger partial charge on any atom is -0.192 e. The molecule has 0 saturated heterocycles. The summed E-state index contributed by atoms with van der Waals surface area (Å²) in [5.74, 6) is 1.14. The standard InChI is InChI=1S/C34H17F5N8S/c1-16-14-17(48(35,36,37,38)39)15-24-25(16)33-43-31-23-13-7-6-12-22(23)29-41-27-19-9-3-2-8-18(19)26-40-28-20-10-4-5-11-21(20)30-42-32(24)47(33)34(44(26)27,45(28)30)46(29)31/h2-15H,1H3/q+2/t34-/m0/s1. The molecule has 232 valence electrons. The highest BCUT2D eigenvalue weighted by Crippen LogP contribution is 3.02. The molecule has 6 aliphatic heterocycles. The monoisotopic (exact) mass is 664 g/mol. The Morgan fingerprint density at radius 2 is 1.08 bits per heavy atom. The topological polar surface area (TPSA) is 65.3 Å². The number of aromatic nitrogens is 2. The third-order valence-corrected chi connectivity index (χ3v) is 11.3. The summed E-state index contributed by atoms with van der Waals surface area (Å²) in [4.78, 5) is 18.7. The summed E-state index contributed by atoms with van der Waals surface area (Å²) in [5, 5.41) is 1.92. The van der Waals surface area contributed by atoms with Crippen molar-refractivity contribution >= 4 is 66.7 Å². The first kappa shape index (κ1) is 25.3. The molecule has 4 aromatic carbocycles. The lowest BCUT2D eigenvalue weighted by Gasteiger charge is -2.40. The third kappa shape index (κ3) is 2.51. The maximum absolute atomic E-state index is 14.5. The molecule has 6 aliphatic rings. The molecule has 14 heteroatoms. The van der Waals surface area contributed by atoms with E-state index >= 15 is 0 Å². The summed E-state index contributed by atoms with van der Waals surface area (Å²) >= 11 is 0. The maximum Gasteiger partial charge on any atom is 0.404 e. The summed E-state index contributed by atoms with van der Waals surface area (Å²) < 4.78 is 80.2. The van der Waals surface area contributed by atoms with Crippen LogP contribution in [0.5, 0.6) is 0 Å². The number of halogens is 5. The summed E-state index contributed by atoms with van der Waals surface area (Å²) in [6.45, 7) is 1.41. The molecule has 12 rings (SSSR count). The first-order chi connectivity index (χ1) is 22.9. The van der Waals surface area contributed by atoms with Crippen molar-refractivity contribution in [3.8, 4) is 0 Å².